The first-order valence-corrected chi connectivity index (χ1v) is 12.7. The average Bonchev–Trinajstić information content (AvgIpc) is 3.41. The van der Waals surface area contributed by atoms with Crippen molar-refractivity contribution in [2.24, 2.45) is 5.92 Å². The van der Waals surface area contributed by atoms with E-state index in [9.17, 15) is 17.6 Å². The van der Waals surface area contributed by atoms with Crippen molar-refractivity contribution in [3.05, 3.63) is 59.7 Å². The maximum absolute atomic E-state index is 13.6. The Morgan fingerprint density at radius 2 is 1.94 bits per heavy atom. The Bertz CT molecular complexity index is 1500. The normalized spacial score (nSPS) is 15.5. The van der Waals surface area contributed by atoms with Gasteiger partial charge in [0.05, 0.1) is 11.0 Å². The Hall–Kier alpha value is -3.57. The van der Waals surface area contributed by atoms with Crippen LogP contribution in [0.15, 0.2) is 51.9 Å². The van der Waals surface area contributed by atoms with Crippen molar-refractivity contribution >= 4 is 32.7 Å². The number of benzene rings is 2. The van der Waals surface area contributed by atoms with Crippen LogP contribution in [-0.4, -0.2) is 46.8 Å². The van der Waals surface area contributed by atoms with Crippen molar-refractivity contribution < 1.29 is 22.1 Å². The summed E-state index contributed by atoms with van der Waals surface area (Å²) in [6.07, 6.45) is 0.814. The van der Waals surface area contributed by atoms with Gasteiger partial charge in [-0.2, -0.15) is 4.31 Å². The van der Waals surface area contributed by atoms with Crippen molar-refractivity contribution in [1.82, 2.24) is 19.4 Å². The first-order valence-electron chi connectivity index (χ1n) is 11.2. The van der Waals surface area contributed by atoms with E-state index >= 15 is 0 Å². The van der Waals surface area contributed by atoms with Gasteiger partial charge in [0.15, 0.2) is 5.76 Å². The number of imidazole rings is 1. The van der Waals surface area contributed by atoms with Gasteiger partial charge in [-0.1, -0.05) is 17.3 Å². The molecule has 0 unspecified atom stereocenters. The second-order valence-electron chi connectivity index (χ2n) is 8.65. The van der Waals surface area contributed by atoms with Crippen LogP contribution in [0.25, 0.3) is 22.4 Å². The number of fused-ring (bicyclic) bond motifs is 1. The van der Waals surface area contributed by atoms with Gasteiger partial charge in [0.1, 0.15) is 22.2 Å². The van der Waals surface area contributed by atoms with Gasteiger partial charge in [0.25, 0.3) is 0 Å². The van der Waals surface area contributed by atoms with E-state index < -0.39 is 10.0 Å². The number of amides is 1. The second-order valence-corrected chi connectivity index (χ2v) is 10.5. The van der Waals surface area contributed by atoms with E-state index in [1.807, 2.05) is 0 Å². The molecule has 1 fully saturated rings. The zero-order valence-corrected chi connectivity index (χ0v) is 20.0. The minimum Gasteiger partial charge on any atom is -0.360 e. The molecular weight excluding hydrogens is 473 g/mol. The van der Waals surface area contributed by atoms with Gasteiger partial charge < -0.3 is 14.8 Å². The fourth-order valence-electron chi connectivity index (χ4n) is 4.43. The first kappa shape index (κ1) is 23.2. The van der Waals surface area contributed by atoms with E-state index in [1.54, 1.807) is 44.2 Å². The van der Waals surface area contributed by atoms with Gasteiger partial charge in [-0.05, 0) is 57.0 Å². The number of nitrogens with one attached hydrogen (secondary N) is 2. The lowest BCUT2D eigenvalue weighted by atomic mass is 9.97. The van der Waals surface area contributed by atoms with Crippen LogP contribution in [0.4, 0.5) is 10.1 Å². The Labute approximate surface area is 201 Å². The lowest BCUT2D eigenvalue weighted by Gasteiger charge is -2.30. The fraction of sp³-hybridized carbons (Fsp3) is 0.292. The number of aryl methyl sites for hydroxylation is 2. The Balaban J connectivity index is 1.25. The standard InChI is InChI=1S/C24H24FN5O4S/c1-14-22(15(2)34-29-14)35(32,33)30-10-8-16(9-11-30)24(31)26-19-6-7-20-21(13-19)28-23(27-20)17-4-3-5-18(25)12-17/h3-7,12-13,16H,8-11H2,1-2H3,(H,26,31)(H,27,28). The highest BCUT2D eigenvalue weighted by molar-refractivity contribution is 7.89. The molecule has 0 radical (unpaired) electrons. The van der Waals surface area contributed by atoms with Gasteiger partial charge in [0.2, 0.25) is 15.9 Å². The summed E-state index contributed by atoms with van der Waals surface area (Å²) in [5.74, 6) is -0.0246. The minimum absolute atomic E-state index is 0.103. The summed E-state index contributed by atoms with van der Waals surface area (Å²) < 4.78 is 46.0. The van der Waals surface area contributed by atoms with Gasteiger partial charge >= 0.3 is 0 Å². The molecule has 5 rings (SSSR count). The smallest absolute Gasteiger partial charge is 0.248 e. The van der Waals surface area contributed by atoms with Gasteiger partial charge in [-0.3, -0.25) is 4.79 Å². The van der Waals surface area contributed by atoms with E-state index in [0.29, 0.717) is 46.6 Å². The number of carbonyl (C=O) groups excluding carboxylic acids is 1. The number of hydrogen-bond donors (Lipinski definition) is 2. The number of aromatic nitrogens is 3. The third-order valence-corrected chi connectivity index (χ3v) is 8.38. The number of carbonyl (C=O) groups is 1. The molecule has 2 aromatic carbocycles. The van der Waals surface area contributed by atoms with Crippen LogP contribution >= 0.6 is 0 Å². The van der Waals surface area contributed by atoms with E-state index in [2.05, 4.69) is 20.4 Å². The summed E-state index contributed by atoms with van der Waals surface area (Å²) in [7, 11) is -3.72. The van der Waals surface area contributed by atoms with Gasteiger partial charge in [-0.25, -0.2) is 17.8 Å². The molecule has 2 N–H and O–H groups in total. The maximum Gasteiger partial charge on any atom is 0.248 e. The molecule has 1 amide bonds. The zero-order chi connectivity index (χ0) is 24.7. The summed E-state index contributed by atoms with van der Waals surface area (Å²) in [6, 6.07) is 11.5. The minimum atomic E-state index is -3.72. The monoisotopic (exact) mass is 497 g/mol. The number of sulfonamides is 1. The number of H-pyrrole nitrogens is 1. The molecule has 0 aliphatic carbocycles. The average molecular weight is 498 g/mol. The lowest BCUT2D eigenvalue weighted by Crippen LogP contribution is -2.41. The van der Waals surface area contributed by atoms with Crippen molar-refractivity contribution in [3.63, 3.8) is 0 Å². The Kier molecular flexibility index (Phi) is 5.89. The van der Waals surface area contributed by atoms with Crippen molar-refractivity contribution in [1.29, 1.82) is 0 Å². The third-order valence-electron chi connectivity index (χ3n) is 6.24. The molecular formula is C24H24FN5O4S. The second kappa shape index (κ2) is 8.90. The van der Waals surface area contributed by atoms with Crippen LogP contribution in [-0.2, 0) is 14.8 Å². The molecule has 11 heteroatoms. The fourth-order valence-corrected chi connectivity index (χ4v) is 6.20. The van der Waals surface area contributed by atoms with Crippen LogP contribution in [0.2, 0.25) is 0 Å². The Morgan fingerprint density at radius 1 is 1.17 bits per heavy atom. The summed E-state index contributed by atoms with van der Waals surface area (Å²) in [5, 5.41) is 6.66. The Morgan fingerprint density at radius 3 is 2.63 bits per heavy atom. The molecule has 0 bridgehead atoms. The molecule has 1 saturated heterocycles. The SMILES string of the molecule is Cc1noc(C)c1S(=O)(=O)N1CCC(C(=O)Nc2ccc3nc(-c4cccc(F)c4)[nH]c3c2)CC1. The van der Waals surface area contributed by atoms with Crippen molar-refractivity contribution in [2.45, 2.75) is 31.6 Å². The summed E-state index contributed by atoms with van der Waals surface area (Å²) in [4.78, 5) is 20.6. The summed E-state index contributed by atoms with van der Waals surface area (Å²) in [6.45, 7) is 3.65. The largest absolute Gasteiger partial charge is 0.360 e. The summed E-state index contributed by atoms with van der Waals surface area (Å²) >= 11 is 0. The number of rotatable bonds is 5. The molecule has 4 aromatic rings. The molecule has 2 aromatic heterocycles. The first-order chi connectivity index (χ1) is 16.7. The molecule has 182 valence electrons. The highest BCUT2D eigenvalue weighted by Gasteiger charge is 2.35. The quantitative estimate of drug-likeness (QED) is 0.430. The molecule has 35 heavy (non-hydrogen) atoms. The van der Waals surface area contributed by atoms with E-state index in [0.717, 1.165) is 0 Å². The summed E-state index contributed by atoms with van der Waals surface area (Å²) in [5.41, 5.74) is 2.97. The van der Waals surface area contributed by atoms with E-state index in [4.69, 9.17) is 4.52 Å². The van der Waals surface area contributed by atoms with Crippen molar-refractivity contribution in [2.75, 3.05) is 18.4 Å². The molecule has 1 aliphatic rings. The highest BCUT2D eigenvalue weighted by atomic mass is 32.2. The topological polar surface area (TPSA) is 121 Å². The zero-order valence-electron chi connectivity index (χ0n) is 19.2. The van der Waals surface area contributed by atoms with E-state index in [1.165, 1.54) is 16.4 Å². The molecule has 0 atom stereocenters. The number of hydrogen-bond acceptors (Lipinski definition) is 6. The van der Waals surface area contributed by atoms with Crippen LogP contribution in [0.5, 0.6) is 0 Å². The van der Waals surface area contributed by atoms with Crippen LogP contribution < -0.4 is 5.32 Å². The number of nitrogens with zero attached hydrogens (tertiary/aromatic N) is 3. The van der Waals surface area contributed by atoms with Crippen LogP contribution in [0, 0.1) is 25.6 Å². The number of halogens is 1. The van der Waals surface area contributed by atoms with E-state index in [-0.39, 0.29) is 41.4 Å². The third kappa shape index (κ3) is 4.44. The molecule has 0 saturated carbocycles. The van der Waals surface area contributed by atoms with Gasteiger partial charge in [0, 0.05) is 30.3 Å². The van der Waals surface area contributed by atoms with Gasteiger partial charge in [-0.15, -0.1) is 0 Å². The molecule has 9 nitrogen and oxygen atoms in total. The van der Waals surface area contributed by atoms with Crippen LogP contribution in [0.1, 0.15) is 24.3 Å². The number of aromatic amines is 1. The maximum atomic E-state index is 13.6. The number of piperidine rings is 1. The predicted molar refractivity (Wildman–Crippen MR) is 128 cm³/mol. The van der Waals surface area contributed by atoms with Crippen molar-refractivity contribution in [3.8, 4) is 11.4 Å². The molecule has 1 aliphatic heterocycles. The van der Waals surface area contributed by atoms with Crippen LogP contribution in [0.3, 0.4) is 0 Å². The highest BCUT2D eigenvalue weighted by Crippen LogP contribution is 2.29. The lowest BCUT2D eigenvalue weighted by molar-refractivity contribution is -0.120. The predicted octanol–water partition coefficient (Wildman–Crippen LogP) is 4.01. The molecule has 0 spiro atoms. The number of anilines is 1. The molecule has 3 heterocycles.